The second-order valence-corrected chi connectivity index (χ2v) is 7.64. The Labute approximate surface area is 130 Å². The van der Waals surface area contributed by atoms with Gasteiger partial charge in [0.15, 0.2) is 0 Å². The van der Waals surface area contributed by atoms with Crippen molar-refractivity contribution in [1.29, 1.82) is 0 Å². The van der Waals surface area contributed by atoms with Crippen LogP contribution in [0.2, 0.25) is 0 Å². The zero-order valence-electron chi connectivity index (χ0n) is 13.8. The van der Waals surface area contributed by atoms with E-state index in [1.54, 1.807) is 0 Å². The summed E-state index contributed by atoms with van der Waals surface area (Å²) < 4.78 is 0. The standard InChI is InChI=1S/C19H31NO/c1-19(2,3)17-11-9-15(10-12-17)13-20-18(14-21)16-7-5-4-6-8-16/h4-8,15,17-18,20-21H,9-14H2,1-3H3/t15?,17?,18-/m0/s1. The number of benzene rings is 1. The minimum Gasteiger partial charge on any atom is -0.394 e. The third kappa shape index (κ3) is 4.82. The number of aliphatic hydroxyl groups excluding tert-OH is 1. The lowest BCUT2D eigenvalue weighted by molar-refractivity contribution is 0.145. The van der Waals surface area contributed by atoms with Gasteiger partial charge in [-0.15, -0.1) is 0 Å². The van der Waals surface area contributed by atoms with E-state index in [2.05, 4.69) is 38.2 Å². The van der Waals surface area contributed by atoms with Crippen LogP contribution in [-0.4, -0.2) is 18.3 Å². The highest BCUT2D eigenvalue weighted by atomic mass is 16.3. The molecule has 0 spiro atoms. The second-order valence-electron chi connectivity index (χ2n) is 7.64. The van der Waals surface area contributed by atoms with Crippen molar-refractivity contribution in [1.82, 2.24) is 5.32 Å². The van der Waals surface area contributed by atoms with Gasteiger partial charge in [0.1, 0.15) is 0 Å². The molecule has 2 heteroatoms. The summed E-state index contributed by atoms with van der Waals surface area (Å²) in [5, 5.41) is 13.2. The molecule has 0 aromatic heterocycles. The molecule has 0 radical (unpaired) electrons. The molecule has 1 fully saturated rings. The third-order valence-corrected chi connectivity index (χ3v) is 5.11. The van der Waals surface area contributed by atoms with Crippen molar-refractivity contribution >= 4 is 0 Å². The maximum Gasteiger partial charge on any atom is 0.0626 e. The molecule has 1 atom stereocenters. The maximum atomic E-state index is 9.60. The molecule has 0 unspecified atom stereocenters. The zero-order valence-corrected chi connectivity index (χ0v) is 13.8. The number of hydrogen-bond donors (Lipinski definition) is 2. The van der Waals surface area contributed by atoms with Gasteiger partial charge in [0.05, 0.1) is 12.6 Å². The van der Waals surface area contributed by atoms with E-state index in [1.807, 2.05) is 18.2 Å². The van der Waals surface area contributed by atoms with Gasteiger partial charge < -0.3 is 10.4 Å². The monoisotopic (exact) mass is 289 g/mol. The fourth-order valence-corrected chi connectivity index (χ4v) is 3.51. The van der Waals surface area contributed by atoms with Gasteiger partial charge in [0, 0.05) is 0 Å². The van der Waals surface area contributed by atoms with Crippen LogP contribution in [0.3, 0.4) is 0 Å². The molecule has 0 heterocycles. The molecule has 0 amide bonds. The lowest BCUT2D eigenvalue weighted by Gasteiger charge is -2.37. The summed E-state index contributed by atoms with van der Waals surface area (Å²) >= 11 is 0. The lowest BCUT2D eigenvalue weighted by Crippen LogP contribution is -2.33. The average molecular weight is 289 g/mol. The van der Waals surface area contributed by atoms with Crippen molar-refractivity contribution in [3.8, 4) is 0 Å². The van der Waals surface area contributed by atoms with Crippen molar-refractivity contribution in [2.45, 2.75) is 52.5 Å². The molecule has 118 valence electrons. The van der Waals surface area contributed by atoms with Gasteiger partial charge in [0.2, 0.25) is 0 Å². The van der Waals surface area contributed by atoms with Crippen LogP contribution in [0.5, 0.6) is 0 Å². The van der Waals surface area contributed by atoms with E-state index < -0.39 is 0 Å². The Bertz CT molecular complexity index is 401. The molecule has 1 aromatic carbocycles. The fraction of sp³-hybridized carbons (Fsp3) is 0.684. The Morgan fingerprint density at radius 3 is 2.24 bits per heavy atom. The topological polar surface area (TPSA) is 32.3 Å². The van der Waals surface area contributed by atoms with Crippen LogP contribution in [-0.2, 0) is 0 Å². The minimum atomic E-state index is 0.0755. The van der Waals surface area contributed by atoms with E-state index in [4.69, 9.17) is 0 Å². The SMILES string of the molecule is CC(C)(C)C1CCC(CN[C@@H](CO)c2ccccc2)CC1. The summed E-state index contributed by atoms with van der Waals surface area (Å²) in [6, 6.07) is 10.3. The van der Waals surface area contributed by atoms with Crippen LogP contribution >= 0.6 is 0 Å². The van der Waals surface area contributed by atoms with Crippen molar-refractivity contribution in [3.63, 3.8) is 0 Å². The fourth-order valence-electron chi connectivity index (χ4n) is 3.51. The van der Waals surface area contributed by atoms with Gasteiger partial charge in [0.25, 0.3) is 0 Å². The first-order chi connectivity index (χ1) is 10.0. The minimum absolute atomic E-state index is 0.0755. The summed E-state index contributed by atoms with van der Waals surface area (Å²) in [6.45, 7) is 8.30. The average Bonchev–Trinajstić information content (AvgIpc) is 2.48. The molecule has 2 N–H and O–H groups in total. The molecular weight excluding hydrogens is 258 g/mol. The van der Waals surface area contributed by atoms with Gasteiger partial charge >= 0.3 is 0 Å². The first kappa shape index (κ1) is 16.5. The van der Waals surface area contributed by atoms with Crippen LogP contribution in [0.25, 0.3) is 0 Å². The molecule has 1 aliphatic carbocycles. The zero-order chi connectivity index (χ0) is 15.3. The van der Waals surface area contributed by atoms with Gasteiger partial charge in [-0.1, -0.05) is 51.1 Å². The van der Waals surface area contributed by atoms with E-state index in [0.29, 0.717) is 5.41 Å². The van der Waals surface area contributed by atoms with Crippen molar-refractivity contribution in [2.24, 2.45) is 17.3 Å². The summed E-state index contributed by atoms with van der Waals surface area (Å²) in [7, 11) is 0. The largest absolute Gasteiger partial charge is 0.394 e. The summed E-state index contributed by atoms with van der Waals surface area (Å²) in [5.41, 5.74) is 1.64. The van der Waals surface area contributed by atoms with Gasteiger partial charge in [-0.05, 0) is 55.0 Å². The highest BCUT2D eigenvalue weighted by Gasteiger charge is 2.29. The van der Waals surface area contributed by atoms with Crippen LogP contribution in [0.1, 0.15) is 58.1 Å². The molecule has 0 aliphatic heterocycles. The Balaban J connectivity index is 1.79. The Hall–Kier alpha value is -0.860. The van der Waals surface area contributed by atoms with Crippen molar-refractivity contribution < 1.29 is 5.11 Å². The quantitative estimate of drug-likeness (QED) is 0.853. The first-order valence-electron chi connectivity index (χ1n) is 8.40. The number of aliphatic hydroxyl groups is 1. The highest BCUT2D eigenvalue weighted by Crippen LogP contribution is 2.39. The number of rotatable bonds is 5. The summed E-state index contributed by atoms with van der Waals surface area (Å²) in [5.74, 6) is 1.64. The molecular formula is C19H31NO. The van der Waals surface area contributed by atoms with E-state index >= 15 is 0 Å². The maximum absolute atomic E-state index is 9.60. The second kappa shape index (κ2) is 7.42. The first-order valence-corrected chi connectivity index (χ1v) is 8.40. The van der Waals surface area contributed by atoms with Crippen LogP contribution in [0.4, 0.5) is 0 Å². The van der Waals surface area contributed by atoms with E-state index in [-0.39, 0.29) is 12.6 Å². The molecule has 2 rings (SSSR count). The van der Waals surface area contributed by atoms with Gasteiger partial charge in [-0.25, -0.2) is 0 Å². The number of hydrogen-bond acceptors (Lipinski definition) is 2. The Morgan fingerprint density at radius 2 is 1.71 bits per heavy atom. The molecule has 0 bridgehead atoms. The Kier molecular flexibility index (Phi) is 5.83. The molecule has 2 nitrogen and oxygen atoms in total. The van der Waals surface area contributed by atoms with E-state index in [9.17, 15) is 5.11 Å². The summed E-state index contributed by atoms with van der Waals surface area (Å²) in [6.07, 6.45) is 5.35. The molecule has 1 aromatic rings. The van der Waals surface area contributed by atoms with Crippen LogP contribution in [0.15, 0.2) is 30.3 Å². The van der Waals surface area contributed by atoms with Crippen molar-refractivity contribution in [3.05, 3.63) is 35.9 Å². The molecule has 1 saturated carbocycles. The van der Waals surface area contributed by atoms with Gasteiger partial charge in [-0.2, -0.15) is 0 Å². The molecule has 0 saturated heterocycles. The number of nitrogens with one attached hydrogen (secondary N) is 1. The predicted molar refractivity (Wildman–Crippen MR) is 89.2 cm³/mol. The normalized spacial score (nSPS) is 24.8. The molecule has 1 aliphatic rings. The third-order valence-electron chi connectivity index (χ3n) is 5.11. The van der Waals surface area contributed by atoms with Crippen LogP contribution in [0, 0.1) is 17.3 Å². The van der Waals surface area contributed by atoms with Gasteiger partial charge in [-0.3, -0.25) is 0 Å². The molecule has 21 heavy (non-hydrogen) atoms. The predicted octanol–water partition coefficient (Wildman–Crippen LogP) is 4.16. The van der Waals surface area contributed by atoms with Crippen LogP contribution < -0.4 is 5.32 Å². The lowest BCUT2D eigenvalue weighted by atomic mass is 9.70. The highest BCUT2D eigenvalue weighted by molar-refractivity contribution is 5.18. The smallest absolute Gasteiger partial charge is 0.0626 e. The summed E-state index contributed by atoms with van der Waals surface area (Å²) in [4.78, 5) is 0. The Morgan fingerprint density at radius 1 is 1.10 bits per heavy atom. The van der Waals surface area contributed by atoms with E-state index in [0.717, 1.165) is 18.4 Å². The van der Waals surface area contributed by atoms with Crippen molar-refractivity contribution in [2.75, 3.05) is 13.2 Å². The van der Waals surface area contributed by atoms with E-state index in [1.165, 1.54) is 31.2 Å².